The highest BCUT2D eigenvalue weighted by Crippen LogP contribution is 2.45. The first-order valence-electron chi connectivity index (χ1n) is 17.2. The first-order valence-corrected chi connectivity index (χ1v) is 17.2. The lowest BCUT2D eigenvalue weighted by molar-refractivity contribution is 1.11. The zero-order valence-corrected chi connectivity index (χ0v) is 27.6. The van der Waals surface area contributed by atoms with Crippen LogP contribution in [0.3, 0.4) is 0 Å². The van der Waals surface area contributed by atoms with E-state index < -0.39 is 0 Å². The molecule has 10 rings (SSSR count). The Balaban J connectivity index is 1.11. The second-order valence-corrected chi connectivity index (χ2v) is 12.9. The SMILES string of the molecule is c1ccc(-c2cccc(-c3cc(-c4ccccc4)nc(-c4ccc(-c5nc6cccc7c6n5-c5ccccc5-c5ccccc5-7)cc4)n3)c2)cc1. The largest absolute Gasteiger partial charge is 0.291 e. The van der Waals surface area contributed by atoms with E-state index in [9.17, 15) is 0 Å². The molecule has 51 heavy (non-hydrogen) atoms. The number of aromatic nitrogens is 4. The zero-order chi connectivity index (χ0) is 33.7. The standard InChI is InChI=1S/C47H30N4/c1-3-13-31(14-4-1)35-17-11-18-36(29-35)43-30-42(32-15-5-2-6-16-32)48-46(49-43)33-25-27-34(28-26-33)47-50-41-23-12-22-40-38-20-8-7-19-37(38)39-21-9-10-24-44(39)51(47)45(40)41/h1-30H. The van der Waals surface area contributed by atoms with Crippen molar-refractivity contribution in [3.8, 4) is 84.4 Å². The molecule has 0 unspecified atom stereocenters. The van der Waals surface area contributed by atoms with E-state index in [1.54, 1.807) is 0 Å². The van der Waals surface area contributed by atoms with Crippen LogP contribution in [0.2, 0.25) is 0 Å². The fourth-order valence-corrected chi connectivity index (χ4v) is 7.36. The number of fused-ring (bicyclic) bond motifs is 5. The molecule has 0 atom stereocenters. The third-order valence-corrected chi connectivity index (χ3v) is 9.79. The summed E-state index contributed by atoms with van der Waals surface area (Å²) < 4.78 is 2.33. The number of hydrogen-bond donors (Lipinski definition) is 0. The van der Waals surface area contributed by atoms with Crippen LogP contribution in [-0.4, -0.2) is 19.5 Å². The van der Waals surface area contributed by atoms with Crippen molar-refractivity contribution >= 4 is 11.0 Å². The molecule has 3 heterocycles. The number of rotatable bonds is 5. The Hall–Kier alpha value is -6.91. The molecule has 0 saturated carbocycles. The van der Waals surface area contributed by atoms with Crippen LogP contribution in [0.4, 0.5) is 0 Å². The summed E-state index contributed by atoms with van der Waals surface area (Å²) >= 11 is 0. The highest BCUT2D eigenvalue weighted by Gasteiger charge is 2.25. The molecule has 0 radical (unpaired) electrons. The Morgan fingerprint density at radius 2 is 0.882 bits per heavy atom. The van der Waals surface area contributed by atoms with Crippen LogP contribution in [0.25, 0.3) is 95.4 Å². The van der Waals surface area contributed by atoms with E-state index in [2.05, 4.69) is 162 Å². The van der Waals surface area contributed by atoms with Gasteiger partial charge in [0.25, 0.3) is 0 Å². The van der Waals surface area contributed by atoms with E-state index in [0.29, 0.717) is 5.82 Å². The molecule has 4 heteroatoms. The van der Waals surface area contributed by atoms with Gasteiger partial charge in [0.15, 0.2) is 5.82 Å². The van der Waals surface area contributed by atoms with Gasteiger partial charge in [0.05, 0.1) is 28.1 Å². The summed E-state index contributed by atoms with van der Waals surface area (Å²) in [6.45, 7) is 0. The van der Waals surface area contributed by atoms with Gasteiger partial charge < -0.3 is 0 Å². The number of para-hydroxylation sites is 2. The Morgan fingerprint density at radius 1 is 0.333 bits per heavy atom. The van der Waals surface area contributed by atoms with Crippen molar-refractivity contribution < 1.29 is 0 Å². The normalized spacial score (nSPS) is 11.5. The van der Waals surface area contributed by atoms with Crippen molar-refractivity contribution in [1.82, 2.24) is 19.5 Å². The van der Waals surface area contributed by atoms with Gasteiger partial charge >= 0.3 is 0 Å². The predicted octanol–water partition coefficient (Wildman–Crippen LogP) is 11.8. The second-order valence-electron chi connectivity index (χ2n) is 12.9. The lowest BCUT2D eigenvalue weighted by Crippen LogP contribution is -1.99. The summed E-state index contributed by atoms with van der Waals surface area (Å²) in [7, 11) is 0. The molecule has 0 saturated heterocycles. The van der Waals surface area contributed by atoms with Gasteiger partial charge in [0, 0.05) is 33.4 Å². The topological polar surface area (TPSA) is 43.6 Å². The minimum Gasteiger partial charge on any atom is -0.291 e. The van der Waals surface area contributed by atoms with Crippen LogP contribution in [0.1, 0.15) is 0 Å². The first kappa shape index (κ1) is 29.0. The van der Waals surface area contributed by atoms with Gasteiger partial charge in [-0.05, 0) is 46.5 Å². The fourth-order valence-electron chi connectivity index (χ4n) is 7.36. The minimum absolute atomic E-state index is 0.678. The predicted molar refractivity (Wildman–Crippen MR) is 208 cm³/mol. The quantitative estimate of drug-likeness (QED) is 0.186. The molecule has 0 N–H and O–H groups in total. The zero-order valence-electron chi connectivity index (χ0n) is 27.6. The van der Waals surface area contributed by atoms with Crippen LogP contribution in [0.5, 0.6) is 0 Å². The Bertz CT molecular complexity index is 2730. The fraction of sp³-hybridized carbons (Fsp3) is 0. The molecule has 7 aromatic carbocycles. The van der Waals surface area contributed by atoms with Crippen molar-refractivity contribution in [2.75, 3.05) is 0 Å². The maximum absolute atomic E-state index is 5.24. The van der Waals surface area contributed by atoms with Crippen LogP contribution in [0.15, 0.2) is 182 Å². The lowest BCUT2D eigenvalue weighted by Gasteiger charge is -2.14. The maximum Gasteiger partial charge on any atom is 0.160 e. The van der Waals surface area contributed by atoms with Crippen LogP contribution in [0, 0.1) is 0 Å². The average molecular weight is 651 g/mol. The minimum atomic E-state index is 0.678. The summed E-state index contributed by atoms with van der Waals surface area (Å²) in [5.74, 6) is 1.58. The molecule has 1 aliphatic heterocycles. The molecule has 4 nitrogen and oxygen atoms in total. The highest BCUT2D eigenvalue weighted by molar-refractivity contribution is 6.03. The summed E-state index contributed by atoms with van der Waals surface area (Å²) in [5, 5.41) is 0. The average Bonchev–Trinajstić information content (AvgIpc) is 3.56. The van der Waals surface area contributed by atoms with Gasteiger partial charge in [0.1, 0.15) is 5.82 Å². The molecule has 0 amide bonds. The number of benzene rings is 7. The molecule has 0 bridgehead atoms. The lowest BCUT2D eigenvalue weighted by atomic mass is 9.94. The molecule has 2 aromatic heterocycles. The Labute approximate surface area is 296 Å². The molecule has 0 fully saturated rings. The van der Waals surface area contributed by atoms with Gasteiger partial charge in [-0.25, -0.2) is 15.0 Å². The molecule has 238 valence electrons. The van der Waals surface area contributed by atoms with Crippen molar-refractivity contribution in [1.29, 1.82) is 0 Å². The summed E-state index contributed by atoms with van der Waals surface area (Å²) in [4.78, 5) is 15.5. The maximum atomic E-state index is 5.24. The summed E-state index contributed by atoms with van der Waals surface area (Å²) in [5.41, 5.74) is 16.2. The van der Waals surface area contributed by atoms with Crippen molar-refractivity contribution in [2.24, 2.45) is 0 Å². The molecule has 9 aromatic rings. The van der Waals surface area contributed by atoms with E-state index >= 15 is 0 Å². The van der Waals surface area contributed by atoms with Gasteiger partial charge in [0.2, 0.25) is 0 Å². The molecular formula is C47H30N4. The monoisotopic (exact) mass is 650 g/mol. The third-order valence-electron chi connectivity index (χ3n) is 9.79. The molecule has 0 spiro atoms. The highest BCUT2D eigenvalue weighted by atomic mass is 15.1. The van der Waals surface area contributed by atoms with Crippen molar-refractivity contribution in [3.63, 3.8) is 0 Å². The number of nitrogens with zero attached hydrogens (tertiary/aromatic N) is 4. The second kappa shape index (κ2) is 11.9. The van der Waals surface area contributed by atoms with E-state index in [1.807, 2.05) is 24.3 Å². The van der Waals surface area contributed by atoms with Crippen LogP contribution in [-0.2, 0) is 0 Å². The van der Waals surface area contributed by atoms with Crippen LogP contribution < -0.4 is 0 Å². The van der Waals surface area contributed by atoms with E-state index in [4.69, 9.17) is 15.0 Å². The number of imidazole rings is 1. The Kier molecular flexibility index (Phi) is 6.78. The smallest absolute Gasteiger partial charge is 0.160 e. The van der Waals surface area contributed by atoms with Crippen LogP contribution >= 0.6 is 0 Å². The molecule has 1 aliphatic rings. The van der Waals surface area contributed by atoms with Gasteiger partial charge in [-0.1, -0.05) is 158 Å². The molecule has 0 aliphatic carbocycles. The van der Waals surface area contributed by atoms with Gasteiger partial charge in [-0.15, -0.1) is 0 Å². The Morgan fingerprint density at radius 3 is 1.65 bits per heavy atom. The molecular weight excluding hydrogens is 621 g/mol. The summed E-state index contributed by atoms with van der Waals surface area (Å²) in [6, 6.07) is 63.7. The van der Waals surface area contributed by atoms with E-state index in [1.165, 1.54) is 27.8 Å². The van der Waals surface area contributed by atoms with Gasteiger partial charge in [-0.2, -0.15) is 0 Å². The number of hydrogen-bond acceptors (Lipinski definition) is 3. The van der Waals surface area contributed by atoms with Gasteiger partial charge in [-0.3, -0.25) is 4.57 Å². The van der Waals surface area contributed by atoms with E-state index in [-0.39, 0.29) is 0 Å². The van der Waals surface area contributed by atoms with Crippen molar-refractivity contribution in [2.45, 2.75) is 0 Å². The summed E-state index contributed by atoms with van der Waals surface area (Å²) in [6.07, 6.45) is 0. The third kappa shape index (κ3) is 4.96. The van der Waals surface area contributed by atoms with E-state index in [0.717, 1.165) is 61.8 Å². The van der Waals surface area contributed by atoms with Crippen molar-refractivity contribution in [3.05, 3.63) is 182 Å². The first-order chi connectivity index (χ1) is 25.3.